The molecule has 0 bridgehead atoms. The Labute approximate surface area is 104 Å². The highest BCUT2D eigenvalue weighted by atomic mass is 32.2. The van der Waals surface area contributed by atoms with Crippen LogP contribution in [0, 0.1) is 6.92 Å². The van der Waals surface area contributed by atoms with Gasteiger partial charge in [-0.1, -0.05) is 12.1 Å². The molecule has 17 heavy (non-hydrogen) atoms. The number of aryl methyl sites for hydroxylation is 1. The fourth-order valence-electron chi connectivity index (χ4n) is 1.54. The highest BCUT2D eigenvalue weighted by Crippen LogP contribution is 2.29. The molecule has 0 saturated heterocycles. The van der Waals surface area contributed by atoms with Crippen molar-refractivity contribution in [1.82, 2.24) is 4.98 Å². The van der Waals surface area contributed by atoms with Gasteiger partial charge < -0.3 is 5.73 Å². The number of hydrogen-bond acceptors (Lipinski definition) is 5. The average Bonchev–Trinajstić information content (AvgIpc) is 2.57. The monoisotopic (exact) mass is 268 g/mol. The minimum absolute atomic E-state index is 0.308. The maximum atomic E-state index is 11.3. The molecule has 1 aromatic heterocycles. The van der Waals surface area contributed by atoms with E-state index in [1.807, 2.05) is 6.92 Å². The van der Waals surface area contributed by atoms with E-state index in [-0.39, 0.29) is 0 Å². The van der Waals surface area contributed by atoms with Gasteiger partial charge >= 0.3 is 0 Å². The minimum atomic E-state index is -3.15. The second-order valence-corrected chi connectivity index (χ2v) is 7.00. The quantitative estimate of drug-likeness (QED) is 0.905. The zero-order valence-electron chi connectivity index (χ0n) is 9.47. The number of sulfone groups is 1. The van der Waals surface area contributed by atoms with Crippen LogP contribution in [0.5, 0.6) is 0 Å². The van der Waals surface area contributed by atoms with Crippen LogP contribution in [-0.4, -0.2) is 19.7 Å². The molecule has 0 saturated carbocycles. The zero-order chi connectivity index (χ0) is 12.6. The first-order valence-electron chi connectivity index (χ1n) is 4.91. The molecule has 0 aliphatic heterocycles. The SMILES string of the molecule is Cc1sc(N)nc1-c1ccc(S(C)(=O)=O)cc1. The van der Waals surface area contributed by atoms with Crippen molar-refractivity contribution in [2.45, 2.75) is 11.8 Å². The van der Waals surface area contributed by atoms with Crippen LogP contribution < -0.4 is 5.73 Å². The molecule has 1 heterocycles. The number of hydrogen-bond donors (Lipinski definition) is 1. The van der Waals surface area contributed by atoms with Gasteiger partial charge in [-0.05, 0) is 19.1 Å². The number of nitrogen functional groups attached to an aromatic ring is 1. The summed E-state index contributed by atoms with van der Waals surface area (Å²) in [4.78, 5) is 5.55. The third-order valence-corrected chi connectivity index (χ3v) is 4.30. The molecular weight excluding hydrogens is 256 g/mol. The van der Waals surface area contributed by atoms with E-state index < -0.39 is 9.84 Å². The predicted molar refractivity (Wildman–Crippen MR) is 69.8 cm³/mol. The molecule has 0 atom stereocenters. The smallest absolute Gasteiger partial charge is 0.180 e. The number of anilines is 1. The molecule has 0 fully saturated rings. The summed E-state index contributed by atoms with van der Waals surface area (Å²) in [6.07, 6.45) is 1.19. The van der Waals surface area contributed by atoms with Crippen molar-refractivity contribution in [3.8, 4) is 11.3 Å². The Morgan fingerprint density at radius 2 is 1.82 bits per heavy atom. The standard InChI is InChI=1S/C11H12N2O2S2/c1-7-10(13-11(12)16-7)8-3-5-9(6-4-8)17(2,14)15/h3-6H,1-2H3,(H2,12,13). The topological polar surface area (TPSA) is 73.0 Å². The summed E-state index contributed by atoms with van der Waals surface area (Å²) < 4.78 is 22.6. The van der Waals surface area contributed by atoms with Crippen LogP contribution in [0.1, 0.15) is 4.88 Å². The van der Waals surface area contributed by atoms with E-state index >= 15 is 0 Å². The predicted octanol–water partition coefficient (Wildman–Crippen LogP) is 2.10. The zero-order valence-corrected chi connectivity index (χ0v) is 11.1. The molecule has 6 heteroatoms. The highest BCUT2D eigenvalue weighted by Gasteiger charge is 2.10. The largest absolute Gasteiger partial charge is 0.375 e. The Kier molecular flexibility index (Phi) is 2.92. The van der Waals surface area contributed by atoms with Gasteiger partial charge in [-0.15, -0.1) is 11.3 Å². The van der Waals surface area contributed by atoms with Crippen LogP contribution >= 0.6 is 11.3 Å². The minimum Gasteiger partial charge on any atom is -0.375 e. The van der Waals surface area contributed by atoms with Crippen molar-refractivity contribution < 1.29 is 8.42 Å². The molecule has 0 amide bonds. The lowest BCUT2D eigenvalue weighted by Crippen LogP contribution is -1.96. The van der Waals surface area contributed by atoms with Gasteiger partial charge in [0.15, 0.2) is 15.0 Å². The average molecular weight is 268 g/mol. The Bertz CT molecular complexity index is 643. The second kappa shape index (κ2) is 4.12. The van der Waals surface area contributed by atoms with Crippen LogP contribution in [0.3, 0.4) is 0 Å². The lowest BCUT2D eigenvalue weighted by atomic mass is 10.1. The molecule has 0 aliphatic rings. The van der Waals surface area contributed by atoms with E-state index in [9.17, 15) is 8.42 Å². The van der Waals surface area contributed by atoms with Gasteiger partial charge in [0.2, 0.25) is 0 Å². The van der Waals surface area contributed by atoms with Crippen LogP contribution in [0.2, 0.25) is 0 Å². The third-order valence-electron chi connectivity index (χ3n) is 2.37. The maximum absolute atomic E-state index is 11.3. The van der Waals surface area contributed by atoms with Crippen molar-refractivity contribution in [2.24, 2.45) is 0 Å². The first kappa shape index (κ1) is 12.1. The summed E-state index contributed by atoms with van der Waals surface area (Å²) in [6.45, 7) is 1.94. The summed E-state index contributed by atoms with van der Waals surface area (Å²) in [5.41, 5.74) is 7.32. The lowest BCUT2D eigenvalue weighted by Gasteiger charge is -2.01. The number of thiazole rings is 1. The second-order valence-electron chi connectivity index (χ2n) is 3.75. The van der Waals surface area contributed by atoms with Gasteiger partial charge in [0, 0.05) is 16.7 Å². The summed E-state index contributed by atoms with van der Waals surface area (Å²) in [6, 6.07) is 6.66. The van der Waals surface area contributed by atoms with E-state index in [0.717, 1.165) is 16.1 Å². The molecule has 2 rings (SSSR count). The summed E-state index contributed by atoms with van der Waals surface area (Å²) in [7, 11) is -3.15. The van der Waals surface area contributed by atoms with Crippen molar-refractivity contribution in [2.75, 3.05) is 12.0 Å². The fraction of sp³-hybridized carbons (Fsp3) is 0.182. The molecule has 4 nitrogen and oxygen atoms in total. The molecule has 0 aliphatic carbocycles. The van der Waals surface area contributed by atoms with Gasteiger partial charge in [-0.25, -0.2) is 13.4 Å². The highest BCUT2D eigenvalue weighted by molar-refractivity contribution is 7.90. The summed E-state index contributed by atoms with van der Waals surface area (Å²) >= 11 is 1.42. The first-order valence-corrected chi connectivity index (χ1v) is 7.62. The molecular formula is C11H12N2O2S2. The normalized spacial score (nSPS) is 11.6. The number of benzene rings is 1. The van der Waals surface area contributed by atoms with Crippen molar-refractivity contribution in [3.63, 3.8) is 0 Å². The summed E-state index contributed by atoms with van der Waals surface area (Å²) in [5, 5.41) is 0.518. The van der Waals surface area contributed by atoms with E-state index in [4.69, 9.17) is 5.73 Å². The van der Waals surface area contributed by atoms with Gasteiger partial charge in [-0.2, -0.15) is 0 Å². The Balaban J connectivity index is 2.46. The molecule has 1 aromatic carbocycles. The Morgan fingerprint density at radius 1 is 1.24 bits per heavy atom. The van der Waals surface area contributed by atoms with E-state index in [1.54, 1.807) is 24.3 Å². The van der Waals surface area contributed by atoms with E-state index in [0.29, 0.717) is 10.0 Å². The van der Waals surface area contributed by atoms with Crippen molar-refractivity contribution in [3.05, 3.63) is 29.1 Å². The fourth-order valence-corrected chi connectivity index (χ4v) is 2.89. The van der Waals surface area contributed by atoms with Gasteiger partial charge in [-0.3, -0.25) is 0 Å². The summed E-state index contributed by atoms with van der Waals surface area (Å²) in [5.74, 6) is 0. The molecule has 0 radical (unpaired) electrons. The van der Waals surface area contributed by atoms with Crippen LogP contribution in [0.15, 0.2) is 29.2 Å². The first-order chi connectivity index (χ1) is 7.88. The van der Waals surface area contributed by atoms with E-state index in [1.165, 1.54) is 17.6 Å². The van der Waals surface area contributed by atoms with Crippen LogP contribution in [0.4, 0.5) is 5.13 Å². The van der Waals surface area contributed by atoms with Crippen molar-refractivity contribution in [1.29, 1.82) is 0 Å². The van der Waals surface area contributed by atoms with Crippen molar-refractivity contribution >= 4 is 26.3 Å². The molecule has 0 spiro atoms. The van der Waals surface area contributed by atoms with E-state index in [2.05, 4.69) is 4.98 Å². The number of nitrogens with zero attached hydrogens (tertiary/aromatic N) is 1. The molecule has 2 N–H and O–H groups in total. The lowest BCUT2D eigenvalue weighted by molar-refractivity contribution is 0.602. The number of nitrogens with two attached hydrogens (primary N) is 1. The number of rotatable bonds is 2. The van der Waals surface area contributed by atoms with Crippen LogP contribution in [-0.2, 0) is 9.84 Å². The molecule has 90 valence electrons. The van der Waals surface area contributed by atoms with Crippen LogP contribution in [0.25, 0.3) is 11.3 Å². The number of aromatic nitrogens is 1. The molecule has 2 aromatic rings. The molecule has 0 unspecified atom stereocenters. The Hall–Kier alpha value is -1.40. The third kappa shape index (κ3) is 2.48. The van der Waals surface area contributed by atoms with Gasteiger partial charge in [0.25, 0.3) is 0 Å². The van der Waals surface area contributed by atoms with Gasteiger partial charge in [0.1, 0.15) is 0 Å². The maximum Gasteiger partial charge on any atom is 0.180 e. The van der Waals surface area contributed by atoms with Gasteiger partial charge in [0.05, 0.1) is 10.6 Å². The Morgan fingerprint density at radius 3 is 2.24 bits per heavy atom.